The van der Waals surface area contributed by atoms with E-state index in [-0.39, 0.29) is 5.76 Å². The van der Waals surface area contributed by atoms with Crippen molar-refractivity contribution < 1.29 is 14.1 Å². The summed E-state index contributed by atoms with van der Waals surface area (Å²) in [6.45, 7) is 1.05. The quantitative estimate of drug-likeness (QED) is 0.412. The van der Waals surface area contributed by atoms with Gasteiger partial charge >= 0.3 is 5.88 Å². The van der Waals surface area contributed by atoms with Gasteiger partial charge in [-0.05, 0) is 13.1 Å². The van der Waals surface area contributed by atoms with Crippen LogP contribution < -0.4 is 10.6 Å². The summed E-state index contributed by atoms with van der Waals surface area (Å²) in [7, 11) is 1.75. The molecule has 0 fully saturated rings. The first-order chi connectivity index (χ1) is 7.15. The van der Waals surface area contributed by atoms with Crippen LogP contribution in [-0.2, 0) is 0 Å². The maximum absolute atomic E-state index is 11.3. The molecule has 0 radical (unpaired) electrons. The molecule has 0 aromatic carbocycles. The van der Waals surface area contributed by atoms with Gasteiger partial charge in [0.1, 0.15) is 4.92 Å². The molecular weight excluding hydrogens is 202 g/mol. The number of amides is 1. The Bertz CT molecular complexity index is 361. The van der Waals surface area contributed by atoms with Crippen molar-refractivity contribution in [1.82, 2.24) is 10.6 Å². The summed E-state index contributed by atoms with van der Waals surface area (Å²) in [5, 5.41) is 15.6. The zero-order valence-corrected chi connectivity index (χ0v) is 8.15. The predicted molar refractivity (Wildman–Crippen MR) is 51.6 cm³/mol. The smallest absolute Gasteiger partial charge is 0.395 e. The van der Waals surface area contributed by atoms with Gasteiger partial charge in [-0.2, -0.15) is 0 Å². The molecule has 0 aliphatic heterocycles. The van der Waals surface area contributed by atoms with Crippen LogP contribution in [0.25, 0.3) is 0 Å². The van der Waals surface area contributed by atoms with E-state index in [1.165, 1.54) is 6.07 Å². The van der Waals surface area contributed by atoms with Gasteiger partial charge in [0, 0.05) is 13.1 Å². The van der Waals surface area contributed by atoms with E-state index in [0.29, 0.717) is 13.1 Å². The molecule has 15 heavy (non-hydrogen) atoms. The first kappa shape index (κ1) is 11.2. The normalized spacial score (nSPS) is 9.93. The van der Waals surface area contributed by atoms with Crippen LogP contribution in [0.15, 0.2) is 16.5 Å². The number of rotatable bonds is 5. The fourth-order valence-electron chi connectivity index (χ4n) is 0.936. The highest BCUT2D eigenvalue weighted by Crippen LogP contribution is 2.14. The first-order valence-corrected chi connectivity index (χ1v) is 4.32. The lowest BCUT2D eigenvalue weighted by molar-refractivity contribution is -0.402. The molecule has 1 aromatic heterocycles. The highest BCUT2D eigenvalue weighted by Gasteiger charge is 2.16. The Morgan fingerprint density at radius 1 is 1.53 bits per heavy atom. The van der Waals surface area contributed by atoms with Crippen molar-refractivity contribution in [3.63, 3.8) is 0 Å². The number of nitrogens with one attached hydrogen (secondary N) is 2. The molecule has 0 spiro atoms. The van der Waals surface area contributed by atoms with Crippen LogP contribution in [0.2, 0.25) is 0 Å². The van der Waals surface area contributed by atoms with Crippen LogP contribution in [0, 0.1) is 10.1 Å². The van der Waals surface area contributed by atoms with E-state index in [0.717, 1.165) is 6.07 Å². The monoisotopic (exact) mass is 213 g/mol. The molecule has 0 atom stereocenters. The fourth-order valence-corrected chi connectivity index (χ4v) is 0.936. The highest BCUT2D eigenvalue weighted by molar-refractivity contribution is 5.91. The van der Waals surface area contributed by atoms with Crippen molar-refractivity contribution in [3.05, 3.63) is 28.0 Å². The van der Waals surface area contributed by atoms with Crippen LogP contribution in [-0.4, -0.2) is 31.0 Å². The lowest BCUT2D eigenvalue weighted by Gasteiger charge is -2.00. The maximum Gasteiger partial charge on any atom is 0.433 e. The van der Waals surface area contributed by atoms with Gasteiger partial charge in [-0.1, -0.05) is 0 Å². The Kier molecular flexibility index (Phi) is 3.81. The van der Waals surface area contributed by atoms with Crippen LogP contribution in [0.4, 0.5) is 5.88 Å². The minimum absolute atomic E-state index is 0.0576. The lowest BCUT2D eigenvalue weighted by atomic mass is 10.4. The van der Waals surface area contributed by atoms with Crippen LogP contribution in [0.5, 0.6) is 0 Å². The van der Waals surface area contributed by atoms with Gasteiger partial charge in [0.25, 0.3) is 5.91 Å². The molecule has 1 rings (SSSR count). The lowest BCUT2D eigenvalue weighted by Crippen LogP contribution is -2.30. The number of hydrogen-bond acceptors (Lipinski definition) is 5. The van der Waals surface area contributed by atoms with Crippen LogP contribution in [0.1, 0.15) is 10.6 Å². The van der Waals surface area contributed by atoms with Gasteiger partial charge < -0.3 is 15.1 Å². The minimum Gasteiger partial charge on any atom is -0.395 e. The van der Waals surface area contributed by atoms with E-state index in [9.17, 15) is 14.9 Å². The molecule has 0 aliphatic carbocycles. The Hall–Kier alpha value is -1.89. The Morgan fingerprint density at radius 2 is 2.27 bits per heavy atom. The summed E-state index contributed by atoms with van der Waals surface area (Å²) in [5.41, 5.74) is 0. The summed E-state index contributed by atoms with van der Waals surface area (Å²) >= 11 is 0. The summed E-state index contributed by atoms with van der Waals surface area (Å²) in [5.74, 6) is -0.954. The molecule has 1 heterocycles. The second kappa shape index (κ2) is 5.11. The molecule has 0 saturated heterocycles. The van der Waals surface area contributed by atoms with Crippen LogP contribution in [0.3, 0.4) is 0 Å². The molecule has 0 bridgehead atoms. The number of furan rings is 1. The van der Waals surface area contributed by atoms with Gasteiger partial charge in [-0.3, -0.25) is 14.9 Å². The van der Waals surface area contributed by atoms with E-state index in [1.807, 2.05) is 0 Å². The van der Waals surface area contributed by atoms with Crippen molar-refractivity contribution >= 4 is 11.8 Å². The Balaban J connectivity index is 2.54. The summed E-state index contributed by atoms with van der Waals surface area (Å²) in [6, 6.07) is 2.42. The number of hydrogen-bond donors (Lipinski definition) is 2. The molecule has 0 unspecified atom stereocenters. The SMILES string of the molecule is CNCCNC(=O)c1ccc([N+](=O)[O-])o1. The van der Waals surface area contributed by atoms with Gasteiger partial charge in [0.05, 0.1) is 6.07 Å². The third kappa shape index (κ3) is 3.06. The largest absolute Gasteiger partial charge is 0.433 e. The second-order valence-electron chi connectivity index (χ2n) is 2.75. The van der Waals surface area contributed by atoms with Crippen molar-refractivity contribution in [3.8, 4) is 0 Å². The molecule has 0 saturated carbocycles. The summed E-state index contributed by atoms with van der Waals surface area (Å²) in [6.07, 6.45) is 0. The standard InChI is InChI=1S/C8H11N3O4/c1-9-4-5-10-8(12)6-2-3-7(15-6)11(13)14/h2-3,9H,4-5H2,1H3,(H,10,12). The van der Waals surface area contributed by atoms with E-state index in [4.69, 9.17) is 4.42 Å². The van der Waals surface area contributed by atoms with Crippen molar-refractivity contribution in [2.24, 2.45) is 0 Å². The minimum atomic E-state index is -0.690. The zero-order chi connectivity index (χ0) is 11.3. The Labute approximate surface area is 85.6 Å². The molecule has 82 valence electrons. The molecule has 2 N–H and O–H groups in total. The number of nitro groups is 1. The van der Waals surface area contributed by atoms with E-state index < -0.39 is 16.7 Å². The zero-order valence-electron chi connectivity index (χ0n) is 8.15. The fraction of sp³-hybridized carbons (Fsp3) is 0.375. The molecule has 7 heteroatoms. The number of carbonyl (C=O) groups excluding carboxylic acids is 1. The second-order valence-corrected chi connectivity index (χ2v) is 2.75. The van der Waals surface area contributed by atoms with E-state index in [1.54, 1.807) is 7.05 Å². The molecule has 0 aliphatic rings. The average molecular weight is 213 g/mol. The van der Waals surface area contributed by atoms with Gasteiger partial charge in [0.15, 0.2) is 5.76 Å². The van der Waals surface area contributed by atoms with Crippen molar-refractivity contribution in [1.29, 1.82) is 0 Å². The van der Waals surface area contributed by atoms with E-state index in [2.05, 4.69) is 10.6 Å². The third-order valence-corrected chi connectivity index (χ3v) is 1.66. The number of nitrogens with zero attached hydrogens (tertiary/aromatic N) is 1. The van der Waals surface area contributed by atoms with E-state index >= 15 is 0 Å². The number of likely N-dealkylation sites (N-methyl/N-ethyl adjacent to an activating group) is 1. The van der Waals surface area contributed by atoms with Gasteiger partial charge in [-0.15, -0.1) is 0 Å². The highest BCUT2D eigenvalue weighted by atomic mass is 16.6. The van der Waals surface area contributed by atoms with Crippen molar-refractivity contribution in [2.75, 3.05) is 20.1 Å². The maximum atomic E-state index is 11.3. The predicted octanol–water partition coefficient (Wildman–Crippen LogP) is 0.137. The number of carbonyl (C=O) groups is 1. The molecular formula is C8H11N3O4. The summed E-state index contributed by atoms with van der Waals surface area (Å²) in [4.78, 5) is 20.9. The average Bonchev–Trinajstić information content (AvgIpc) is 2.66. The molecule has 1 aromatic rings. The Morgan fingerprint density at radius 3 is 2.80 bits per heavy atom. The topological polar surface area (TPSA) is 97.4 Å². The van der Waals surface area contributed by atoms with Gasteiger partial charge in [-0.25, -0.2) is 0 Å². The van der Waals surface area contributed by atoms with Gasteiger partial charge in [0.2, 0.25) is 0 Å². The van der Waals surface area contributed by atoms with Crippen LogP contribution >= 0.6 is 0 Å². The first-order valence-electron chi connectivity index (χ1n) is 4.32. The molecule has 1 amide bonds. The summed E-state index contributed by atoms with van der Waals surface area (Å²) < 4.78 is 4.71. The third-order valence-electron chi connectivity index (χ3n) is 1.66. The molecule has 7 nitrogen and oxygen atoms in total. The van der Waals surface area contributed by atoms with Crippen molar-refractivity contribution in [2.45, 2.75) is 0 Å².